The maximum Gasteiger partial charge on any atom is 0.261 e. The minimum absolute atomic E-state index is 0.00861. The highest BCUT2D eigenvalue weighted by molar-refractivity contribution is 7.92. The van der Waals surface area contributed by atoms with E-state index in [9.17, 15) is 17.9 Å². The Morgan fingerprint density at radius 1 is 1.09 bits per heavy atom. The number of sulfonamides is 1. The first-order valence-electron chi connectivity index (χ1n) is 10.9. The van der Waals surface area contributed by atoms with Crippen LogP contribution >= 0.6 is 11.6 Å². The van der Waals surface area contributed by atoms with Gasteiger partial charge in [-0.3, -0.25) is 4.72 Å². The van der Waals surface area contributed by atoms with E-state index in [0.29, 0.717) is 10.7 Å². The van der Waals surface area contributed by atoms with Gasteiger partial charge >= 0.3 is 0 Å². The molecule has 1 aliphatic carbocycles. The Morgan fingerprint density at radius 2 is 1.85 bits per heavy atom. The molecule has 0 fully saturated rings. The smallest absolute Gasteiger partial charge is 0.261 e. The van der Waals surface area contributed by atoms with Gasteiger partial charge in [-0.2, -0.15) is 0 Å². The molecule has 0 aromatic heterocycles. The molecule has 0 saturated carbocycles. The zero-order valence-electron chi connectivity index (χ0n) is 18.1. The Labute approximate surface area is 197 Å². The molecule has 2 aliphatic rings. The zero-order valence-corrected chi connectivity index (χ0v) is 19.6. The summed E-state index contributed by atoms with van der Waals surface area (Å²) in [6.45, 7) is 0.876. The topological polar surface area (TPSA) is 69.6 Å². The lowest BCUT2D eigenvalue weighted by molar-refractivity contribution is 0.214. The number of phenols is 1. The number of nitrogens with one attached hydrogen (secondary N) is 1. The molecule has 2 atom stereocenters. The molecular weight excluding hydrogens is 463 g/mol. The lowest BCUT2D eigenvalue weighted by Crippen LogP contribution is -2.39. The molecule has 0 bridgehead atoms. The van der Waals surface area contributed by atoms with Gasteiger partial charge in [-0.05, 0) is 91.0 Å². The van der Waals surface area contributed by atoms with Gasteiger partial charge in [0.25, 0.3) is 10.0 Å². The van der Waals surface area contributed by atoms with Crippen molar-refractivity contribution in [3.8, 4) is 5.75 Å². The number of hydrogen-bond donors (Lipinski definition) is 2. The van der Waals surface area contributed by atoms with Crippen molar-refractivity contribution in [2.75, 3.05) is 18.3 Å². The molecular formula is C25H24ClFN2O3S. The van der Waals surface area contributed by atoms with Gasteiger partial charge in [0.05, 0.1) is 15.6 Å². The summed E-state index contributed by atoms with van der Waals surface area (Å²) in [6, 6.07) is 14.3. The van der Waals surface area contributed by atoms with E-state index >= 15 is 0 Å². The van der Waals surface area contributed by atoms with Crippen LogP contribution in [0.2, 0.25) is 5.02 Å². The van der Waals surface area contributed by atoms with Crippen LogP contribution in [0.15, 0.2) is 59.5 Å². The average Bonchev–Trinajstić information content (AvgIpc) is 2.91. The maximum atomic E-state index is 13.3. The summed E-state index contributed by atoms with van der Waals surface area (Å²) in [6.07, 6.45) is 2.40. The molecule has 2 unspecified atom stereocenters. The third kappa shape index (κ3) is 3.98. The predicted molar refractivity (Wildman–Crippen MR) is 127 cm³/mol. The van der Waals surface area contributed by atoms with Crippen LogP contribution in [0.5, 0.6) is 5.75 Å². The second-order valence-corrected chi connectivity index (χ2v) is 10.8. The second-order valence-electron chi connectivity index (χ2n) is 8.75. The summed E-state index contributed by atoms with van der Waals surface area (Å²) >= 11 is 6.21. The summed E-state index contributed by atoms with van der Waals surface area (Å²) in [4.78, 5) is 2.35. The Kier molecular flexibility index (Phi) is 5.59. The third-order valence-corrected chi connectivity index (χ3v) is 8.52. The molecule has 0 spiro atoms. The number of hydrogen-bond acceptors (Lipinski definition) is 4. The third-order valence-electron chi connectivity index (χ3n) is 6.83. The number of benzene rings is 3. The number of rotatable bonds is 3. The van der Waals surface area contributed by atoms with E-state index in [2.05, 4.69) is 16.7 Å². The maximum absolute atomic E-state index is 13.3. The van der Waals surface area contributed by atoms with Crippen molar-refractivity contribution in [2.24, 2.45) is 0 Å². The first-order valence-corrected chi connectivity index (χ1v) is 12.7. The van der Waals surface area contributed by atoms with Crippen molar-refractivity contribution in [1.82, 2.24) is 4.90 Å². The van der Waals surface area contributed by atoms with Gasteiger partial charge in [0.1, 0.15) is 11.6 Å². The second kappa shape index (κ2) is 8.31. The van der Waals surface area contributed by atoms with Crippen LogP contribution in [-0.2, 0) is 22.9 Å². The first-order chi connectivity index (χ1) is 15.7. The van der Waals surface area contributed by atoms with E-state index in [-0.39, 0.29) is 22.6 Å². The summed E-state index contributed by atoms with van der Waals surface area (Å²) < 4.78 is 42.0. The van der Waals surface area contributed by atoms with E-state index in [0.717, 1.165) is 60.2 Å². The predicted octanol–water partition coefficient (Wildman–Crippen LogP) is 4.92. The molecule has 1 heterocycles. The van der Waals surface area contributed by atoms with Crippen molar-refractivity contribution in [3.63, 3.8) is 0 Å². The molecule has 0 amide bonds. The Morgan fingerprint density at radius 3 is 2.61 bits per heavy atom. The Bertz CT molecular complexity index is 1330. The van der Waals surface area contributed by atoms with E-state index in [4.69, 9.17) is 11.6 Å². The van der Waals surface area contributed by atoms with Crippen molar-refractivity contribution < 1.29 is 17.9 Å². The SMILES string of the molecule is CN1CCc2cc(Cl)c(O)cc2C2c3cccc(NS(=O)(=O)c4ccc(F)cc4)c3CCC21. The van der Waals surface area contributed by atoms with Crippen LogP contribution in [-0.4, -0.2) is 38.1 Å². The summed E-state index contributed by atoms with van der Waals surface area (Å²) in [5.41, 5.74) is 4.65. The molecule has 3 aromatic rings. The highest BCUT2D eigenvalue weighted by atomic mass is 35.5. The van der Waals surface area contributed by atoms with E-state index in [1.165, 1.54) is 12.1 Å². The monoisotopic (exact) mass is 486 g/mol. The zero-order chi connectivity index (χ0) is 23.3. The molecule has 1 aliphatic heterocycles. The molecule has 8 heteroatoms. The summed E-state index contributed by atoms with van der Waals surface area (Å²) in [7, 11) is -1.76. The normalized spacial score (nSPS) is 20.3. The van der Waals surface area contributed by atoms with Crippen molar-refractivity contribution in [1.29, 1.82) is 0 Å². The Hall–Kier alpha value is -2.61. The lowest BCUT2D eigenvalue weighted by atomic mass is 9.74. The number of halogens is 2. The number of phenolic OH excluding ortho intramolecular Hbond substituents is 1. The quantitative estimate of drug-likeness (QED) is 0.551. The van der Waals surface area contributed by atoms with E-state index in [1.54, 1.807) is 12.1 Å². The van der Waals surface area contributed by atoms with Gasteiger partial charge < -0.3 is 10.0 Å². The van der Waals surface area contributed by atoms with Crippen LogP contribution in [0.25, 0.3) is 0 Å². The molecule has 0 radical (unpaired) electrons. The fourth-order valence-electron chi connectivity index (χ4n) is 5.19. The standard InChI is InChI=1S/C25H24ClFN2O3S/c1-29-12-11-15-13-21(26)24(30)14-20(15)25-19-3-2-4-22(18(19)9-10-23(25)29)28-33(31,32)17-7-5-16(27)6-8-17/h2-8,13-14,23,25,28,30H,9-12H2,1H3. The molecule has 5 rings (SSSR count). The highest BCUT2D eigenvalue weighted by Gasteiger charge is 2.38. The number of fused-ring (bicyclic) bond motifs is 5. The van der Waals surface area contributed by atoms with E-state index < -0.39 is 15.8 Å². The van der Waals surface area contributed by atoms with Crippen molar-refractivity contribution in [2.45, 2.75) is 36.1 Å². The number of aromatic hydroxyl groups is 1. The first kappa shape index (κ1) is 22.2. The summed E-state index contributed by atoms with van der Waals surface area (Å²) in [5.74, 6) is -0.453. The van der Waals surface area contributed by atoms with Crippen LogP contribution < -0.4 is 4.72 Å². The minimum Gasteiger partial charge on any atom is -0.506 e. The largest absolute Gasteiger partial charge is 0.506 e. The Balaban J connectivity index is 1.60. The molecule has 3 aromatic carbocycles. The molecule has 5 nitrogen and oxygen atoms in total. The van der Waals surface area contributed by atoms with Gasteiger partial charge in [0, 0.05) is 18.5 Å². The molecule has 0 saturated heterocycles. The minimum atomic E-state index is -3.87. The fourth-order valence-corrected chi connectivity index (χ4v) is 6.47. The van der Waals surface area contributed by atoms with Crippen LogP contribution in [0.3, 0.4) is 0 Å². The number of anilines is 1. The van der Waals surface area contributed by atoms with Gasteiger partial charge in [-0.25, -0.2) is 12.8 Å². The van der Waals surface area contributed by atoms with Gasteiger partial charge in [0.2, 0.25) is 0 Å². The summed E-state index contributed by atoms with van der Waals surface area (Å²) in [5, 5.41) is 10.7. The average molecular weight is 487 g/mol. The molecule has 33 heavy (non-hydrogen) atoms. The van der Waals surface area contributed by atoms with Crippen LogP contribution in [0, 0.1) is 5.82 Å². The van der Waals surface area contributed by atoms with Crippen molar-refractivity contribution >= 4 is 27.3 Å². The van der Waals surface area contributed by atoms with Gasteiger partial charge in [-0.15, -0.1) is 0 Å². The van der Waals surface area contributed by atoms with Crippen LogP contribution in [0.1, 0.15) is 34.6 Å². The highest BCUT2D eigenvalue weighted by Crippen LogP contribution is 2.46. The van der Waals surface area contributed by atoms with Gasteiger partial charge in [-0.1, -0.05) is 23.7 Å². The van der Waals surface area contributed by atoms with E-state index in [1.807, 2.05) is 18.2 Å². The molecule has 2 N–H and O–H groups in total. The molecule has 172 valence electrons. The van der Waals surface area contributed by atoms with Crippen LogP contribution in [0.4, 0.5) is 10.1 Å². The van der Waals surface area contributed by atoms with Crippen molar-refractivity contribution in [3.05, 3.63) is 87.7 Å². The number of likely N-dealkylation sites (N-methyl/N-ethyl adjacent to an activating group) is 1. The fraction of sp³-hybridized carbons (Fsp3) is 0.280. The lowest BCUT2D eigenvalue weighted by Gasteiger charge is -2.39. The van der Waals surface area contributed by atoms with Gasteiger partial charge in [0.15, 0.2) is 0 Å². The number of nitrogens with zero attached hydrogens (tertiary/aromatic N) is 1.